The molecule has 2 aromatic rings. The average Bonchev–Trinajstić information content (AvgIpc) is 2.60. The lowest BCUT2D eigenvalue weighted by molar-refractivity contribution is -0.114. The number of amides is 1. The minimum atomic E-state index is -3.79. The van der Waals surface area contributed by atoms with Gasteiger partial charge in [0.15, 0.2) is 5.70 Å². The van der Waals surface area contributed by atoms with Crippen LogP contribution >= 0.6 is 0 Å². The molecular weight excluding hydrogens is 378 g/mol. The van der Waals surface area contributed by atoms with Crippen molar-refractivity contribution in [3.63, 3.8) is 0 Å². The zero-order valence-corrected chi connectivity index (χ0v) is 16.3. The highest BCUT2D eigenvalue weighted by atomic mass is 32.2. The Hall–Kier alpha value is -3.04. The molecule has 0 aromatic heterocycles. The summed E-state index contributed by atoms with van der Waals surface area (Å²) in [7, 11) is -3.79. The maximum absolute atomic E-state index is 12.1. The van der Waals surface area contributed by atoms with Crippen LogP contribution in [0, 0.1) is 0 Å². The first kappa shape index (κ1) is 19.7. The molecule has 0 radical (unpaired) electrons. The Balaban J connectivity index is 2.04. The predicted molar refractivity (Wildman–Crippen MR) is 106 cm³/mol. The molecule has 0 fully saturated rings. The SMILES string of the molecule is CC1(C)Cc2ccccc2C(=C(N=Nc2ccc(S(N)(=O)=O)cc2)C(N)=O)N1. The number of sulfonamides is 1. The van der Waals surface area contributed by atoms with E-state index in [2.05, 4.69) is 15.5 Å². The van der Waals surface area contributed by atoms with Gasteiger partial charge in [0.2, 0.25) is 10.0 Å². The molecule has 146 valence electrons. The highest BCUT2D eigenvalue weighted by Crippen LogP contribution is 2.32. The minimum absolute atomic E-state index is 0.00394. The standard InChI is InChI=1S/C19H21N5O3S/c1-19(2)11-12-5-3-4-6-15(12)16(22-19)17(18(20)25)24-23-13-7-9-14(10-8-13)28(21,26)27/h3-10,22H,11H2,1-2H3,(H2,20,25)(H2,21,26,27). The number of primary amides is 1. The van der Waals surface area contributed by atoms with E-state index in [1.54, 1.807) is 0 Å². The van der Waals surface area contributed by atoms with E-state index in [1.165, 1.54) is 24.3 Å². The van der Waals surface area contributed by atoms with Gasteiger partial charge in [-0.2, -0.15) is 5.11 Å². The van der Waals surface area contributed by atoms with Gasteiger partial charge in [0.25, 0.3) is 5.91 Å². The molecule has 0 saturated carbocycles. The lowest BCUT2D eigenvalue weighted by Crippen LogP contribution is -2.44. The molecule has 0 spiro atoms. The minimum Gasteiger partial charge on any atom is -0.377 e. The molecule has 28 heavy (non-hydrogen) atoms. The van der Waals surface area contributed by atoms with Crippen LogP contribution in [0.1, 0.15) is 25.0 Å². The fraction of sp³-hybridized carbons (Fsp3) is 0.211. The first-order valence-electron chi connectivity index (χ1n) is 8.52. The van der Waals surface area contributed by atoms with Crippen LogP contribution in [-0.2, 0) is 21.2 Å². The van der Waals surface area contributed by atoms with Gasteiger partial charge in [0, 0.05) is 11.1 Å². The van der Waals surface area contributed by atoms with Crippen LogP contribution in [0.2, 0.25) is 0 Å². The van der Waals surface area contributed by atoms with E-state index in [4.69, 9.17) is 10.9 Å². The van der Waals surface area contributed by atoms with Gasteiger partial charge in [-0.15, -0.1) is 5.11 Å². The van der Waals surface area contributed by atoms with E-state index in [9.17, 15) is 13.2 Å². The summed E-state index contributed by atoms with van der Waals surface area (Å²) in [5.41, 5.74) is 8.07. The number of carbonyl (C=O) groups is 1. The summed E-state index contributed by atoms with van der Waals surface area (Å²) in [5, 5.41) is 16.5. The van der Waals surface area contributed by atoms with Gasteiger partial charge in [-0.1, -0.05) is 24.3 Å². The third kappa shape index (κ3) is 4.26. The summed E-state index contributed by atoms with van der Waals surface area (Å²) in [6.07, 6.45) is 0.783. The quantitative estimate of drug-likeness (QED) is 0.535. The second kappa shape index (κ2) is 7.17. The Morgan fingerprint density at radius 2 is 1.75 bits per heavy atom. The lowest BCUT2D eigenvalue weighted by atomic mass is 9.85. The fourth-order valence-electron chi connectivity index (χ4n) is 3.06. The zero-order chi connectivity index (χ0) is 20.5. The number of carbonyl (C=O) groups excluding carboxylic acids is 1. The second-order valence-corrected chi connectivity index (χ2v) is 8.73. The van der Waals surface area contributed by atoms with E-state index in [1.807, 2.05) is 38.1 Å². The van der Waals surface area contributed by atoms with Crippen molar-refractivity contribution in [3.8, 4) is 0 Å². The summed E-state index contributed by atoms with van der Waals surface area (Å²) in [6, 6.07) is 13.2. The molecule has 1 amide bonds. The summed E-state index contributed by atoms with van der Waals surface area (Å²) in [6.45, 7) is 4.04. The molecule has 2 aromatic carbocycles. The van der Waals surface area contributed by atoms with Crippen molar-refractivity contribution < 1.29 is 13.2 Å². The molecule has 1 aliphatic rings. The molecule has 0 aliphatic carbocycles. The molecule has 0 atom stereocenters. The summed E-state index contributed by atoms with van der Waals surface area (Å²) in [5.74, 6) is -0.722. The fourth-order valence-corrected chi connectivity index (χ4v) is 3.58. The topological polar surface area (TPSA) is 140 Å². The number of nitrogens with two attached hydrogens (primary N) is 2. The monoisotopic (exact) mass is 399 g/mol. The summed E-state index contributed by atoms with van der Waals surface area (Å²) in [4.78, 5) is 12.1. The summed E-state index contributed by atoms with van der Waals surface area (Å²) >= 11 is 0. The molecule has 5 N–H and O–H groups in total. The number of nitrogens with one attached hydrogen (secondary N) is 1. The normalized spacial score (nSPS) is 17.7. The van der Waals surface area contributed by atoms with Crippen LogP contribution in [-0.4, -0.2) is 19.9 Å². The van der Waals surface area contributed by atoms with E-state index >= 15 is 0 Å². The highest BCUT2D eigenvalue weighted by molar-refractivity contribution is 7.89. The van der Waals surface area contributed by atoms with Crippen LogP contribution in [0.15, 0.2) is 69.4 Å². The third-order valence-electron chi connectivity index (χ3n) is 4.28. The number of nitrogens with zero attached hydrogens (tertiary/aromatic N) is 2. The van der Waals surface area contributed by atoms with E-state index in [-0.39, 0.29) is 16.1 Å². The Morgan fingerprint density at radius 1 is 1.11 bits per heavy atom. The van der Waals surface area contributed by atoms with Crippen molar-refractivity contribution >= 4 is 27.3 Å². The molecular formula is C19H21N5O3S. The van der Waals surface area contributed by atoms with Crippen LogP contribution < -0.4 is 16.2 Å². The van der Waals surface area contributed by atoms with Crippen molar-refractivity contribution in [2.24, 2.45) is 21.1 Å². The predicted octanol–water partition coefficient (Wildman–Crippen LogP) is 2.20. The Kier molecular flexibility index (Phi) is 5.05. The van der Waals surface area contributed by atoms with Gasteiger partial charge in [-0.25, -0.2) is 13.6 Å². The van der Waals surface area contributed by atoms with E-state index in [0.29, 0.717) is 11.4 Å². The van der Waals surface area contributed by atoms with Crippen LogP contribution in [0.5, 0.6) is 0 Å². The molecule has 0 saturated heterocycles. The maximum Gasteiger partial charge on any atom is 0.271 e. The Morgan fingerprint density at radius 3 is 2.36 bits per heavy atom. The number of primary sulfonamides is 1. The lowest BCUT2D eigenvalue weighted by Gasteiger charge is -2.35. The third-order valence-corrected chi connectivity index (χ3v) is 5.21. The first-order valence-corrected chi connectivity index (χ1v) is 10.1. The van der Waals surface area contributed by atoms with Crippen LogP contribution in [0.4, 0.5) is 5.69 Å². The van der Waals surface area contributed by atoms with Crippen molar-refractivity contribution in [2.45, 2.75) is 30.7 Å². The number of rotatable bonds is 4. The number of benzene rings is 2. The maximum atomic E-state index is 12.1. The van der Waals surface area contributed by atoms with Crippen molar-refractivity contribution in [3.05, 3.63) is 65.4 Å². The average molecular weight is 399 g/mol. The van der Waals surface area contributed by atoms with Gasteiger partial charge in [-0.05, 0) is 50.1 Å². The Bertz CT molecular complexity index is 1090. The van der Waals surface area contributed by atoms with Gasteiger partial charge < -0.3 is 11.1 Å². The zero-order valence-electron chi connectivity index (χ0n) is 15.5. The molecule has 9 heteroatoms. The van der Waals surface area contributed by atoms with Gasteiger partial charge in [0.1, 0.15) is 0 Å². The largest absolute Gasteiger partial charge is 0.377 e. The number of azo groups is 1. The van der Waals surface area contributed by atoms with Crippen molar-refractivity contribution in [2.75, 3.05) is 0 Å². The first-order chi connectivity index (χ1) is 13.1. The Labute approximate surface area is 163 Å². The van der Waals surface area contributed by atoms with Gasteiger partial charge in [0.05, 0.1) is 16.3 Å². The molecule has 0 bridgehead atoms. The number of hydrogen-bond acceptors (Lipinski definition) is 6. The molecule has 0 unspecified atom stereocenters. The molecule has 1 heterocycles. The van der Waals surface area contributed by atoms with Gasteiger partial charge >= 0.3 is 0 Å². The van der Waals surface area contributed by atoms with E-state index in [0.717, 1.165) is 17.5 Å². The second-order valence-electron chi connectivity index (χ2n) is 7.17. The van der Waals surface area contributed by atoms with Crippen molar-refractivity contribution in [1.29, 1.82) is 0 Å². The number of hydrogen-bond donors (Lipinski definition) is 3. The van der Waals surface area contributed by atoms with Crippen LogP contribution in [0.3, 0.4) is 0 Å². The molecule has 3 rings (SSSR count). The molecule has 8 nitrogen and oxygen atoms in total. The molecule has 1 aliphatic heterocycles. The van der Waals surface area contributed by atoms with Crippen molar-refractivity contribution in [1.82, 2.24) is 5.32 Å². The number of fused-ring (bicyclic) bond motifs is 1. The van der Waals surface area contributed by atoms with Gasteiger partial charge in [-0.3, -0.25) is 4.79 Å². The highest BCUT2D eigenvalue weighted by Gasteiger charge is 2.30. The van der Waals surface area contributed by atoms with Crippen LogP contribution in [0.25, 0.3) is 5.70 Å². The van der Waals surface area contributed by atoms with E-state index < -0.39 is 15.9 Å². The smallest absolute Gasteiger partial charge is 0.271 e. The summed E-state index contributed by atoms with van der Waals surface area (Å²) < 4.78 is 22.7.